The number of carbonyl (C=O) groups is 1. The maximum atomic E-state index is 12.6. The van der Waals surface area contributed by atoms with Crippen LogP contribution in [0.1, 0.15) is 45.4 Å². The van der Waals surface area contributed by atoms with E-state index in [0.717, 1.165) is 23.3 Å². The molecule has 0 aliphatic heterocycles. The van der Waals surface area contributed by atoms with Crippen LogP contribution in [0.3, 0.4) is 0 Å². The van der Waals surface area contributed by atoms with Gasteiger partial charge in [-0.3, -0.25) is 14.9 Å². The van der Waals surface area contributed by atoms with Crippen LogP contribution in [-0.4, -0.2) is 37.9 Å². The number of H-pyrrole nitrogens is 1. The zero-order chi connectivity index (χ0) is 19.1. The highest BCUT2D eigenvalue weighted by Crippen LogP contribution is 2.61. The summed E-state index contributed by atoms with van der Waals surface area (Å²) in [6.45, 7) is 2.23. The highest BCUT2D eigenvalue weighted by Gasteiger charge is 2.53. The molecule has 148 valence electrons. The number of carbonyl (C=O) groups excluding carboxylic acids is 1. The highest BCUT2D eigenvalue weighted by atomic mass is 32.2. The summed E-state index contributed by atoms with van der Waals surface area (Å²) in [6, 6.07) is 4.03. The van der Waals surface area contributed by atoms with Crippen molar-refractivity contribution in [3.63, 3.8) is 0 Å². The fourth-order valence-electron chi connectivity index (χ4n) is 6.22. The number of nitrogens with one attached hydrogen (secondary N) is 2. The molecule has 4 bridgehead atoms. The minimum absolute atomic E-state index is 0.0866. The van der Waals surface area contributed by atoms with Gasteiger partial charge in [0, 0.05) is 24.0 Å². The van der Waals surface area contributed by atoms with Gasteiger partial charge in [0.05, 0.1) is 5.75 Å². The van der Waals surface area contributed by atoms with Crippen molar-refractivity contribution < 1.29 is 4.79 Å². The van der Waals surface area contributed by atoms with Crippen LogP contribution >= 0.6 is 11.8 Å². The van der Waals surface area contributed by atoms with Gasteiger partial charge in [-0.15, -0.1) is 5.10 Å². The molecule has 6 rings (SSSR count). The van der Waals surface area contributed by atoms with Gasteiger partial charge in [-0.1, -0.05) is 11.8 Å². The molecule has 4 aliphatic carbocycles. The number of aromatic amines is 1. The first kappa shape index (κ1) is 18.2. The molecule has 1 unspecified atom stereocenters. The number of pyridine rings is 1. The molecule has 4 saturated carbocycles. The van der Waals surface area contributed by atoms with Crippen LogP contribution in [0.2, 0.25) is 0 Å². The monoisotopic (exact) mass is 397 g/mol. The number of hydrogen-bond acceptors (Lipinski definition) is 5. The fourth-order valence-corrected chi connectivity index (χ4v) is 6.83. The second kappa shape index (κ2) is 7.17. The van der Waals surface area contributed by atoms with Gasteiger partial charge >= 0.3 is 0 Å². The van der Waals surface area contributed by atoms with Gasteiger partial charge in [-0.05, 0) is 80.8 Å². The standard InChI is InChI=1S/C21H27N5OS/c1-13(21-9-14-6-15(10-21)8-16(7-14)11-21)23-18(27)12-28-20-24-19(25-26-20)17-2-4-22-5-3-17/h2-5,13-16H,6-12H2,1H3,(H,23,27)(H,24,25,26). The van der Waals surface area contributed by atoms with Crippen LogP contribution < -0.4 is 5.32 Å². The molecule has 0 saturated heterocycles. The van der Waals surface area contributed by atoms with Gasteiger partial charge in [0.15, 0.2) is 5.82 Å². The van der Waals surface area contributed by atoms with Crippen LogP contribution in [0.4, 0.5) is 0 Å². The van der Waals surface area contributed by atoms with Crippen LogP contribution in [0.15, 0.2) is 29.7 Å². The predicted molar refractivity (Wildman–Crippen MR) is 109 cm³/mol. The van der Waals surface area contributed by atoms with Gasteiger partial charge in [0.2, 0.25) is 11.1 Å². The summed E-state index contributed by atoms with van der Waals surface area (Å²) in [5, 5.41) is 11.1. The van der Waals surface area contributed by atoms with Crippen LogP contribution in [0.5, 0.6) is 0 Å². The Morgan fingerprint density at radius 2 is 1.86 bits per heavy atom. The second-order valence-corrected chi connectivity index (χ2v) is 10.0. The number of amides is 1. The molecule has 1 atom stereocenters. The summed E-state index contributed by atoms with van der Waals surface area (Å²) in [5.41, 5.74) is 1.28. The summed E-state index contributed by atoms with van der Waals surface area (Å²) in [4.78, 5) is 21.1. The molecule has 2 aromatic heterocycles. The van der Waals surface area contributed by atoms with E-state index >= 15 is 0 Å². The predicted octanol–water partition coefficient (Wildman–Crippen LogP) is 3.68. The molecule has 2 aromatic rings. The molecule has 0 spiro atoms. The Kier molecular flexibility index (Phi) is 4.65. The molecule has 0 radical (unpaired) electrons. The third-order valence-electron chi connectivity index (χ3n) is 7.13. The smallest absolute Gasteiger partial charge is 0.230 e. The average molecular weight is 398 g/mol. The fraction of sp³-hybridized carbons (Fsp3) is 0.619. The molecule has 2 heterocycles. The van der Waals surface area contributed by atoms with E-state index in [-0.39, 0.29) is 11.9 Å². The molecule has 6 nitrogen and oxygen atoms in total. The number of thioether (sulfide) groups is 1. The Morgan fingerprint density at radius 1 is 1.21 bits per heavy atom. The van der Waals surface area contributed by atoms with E-state index in [1.165, 1.54) is 50.3 Å². The van der Waals surface area contributed by atoms with Gasteiger partial charge in [0.1, 0.15) is 0 Å². The lowest BCUT2D eigenvalue weighted by molar-refractivity contribution is -0.123. The zero-order valence-electron chi connectivity index (χ0n) is 16.2. The van der Waals surface area contributed by atoms with Gasteiger partial charge in [-0.25, -0.2) is 4.98 Å². The molecule has 4 aliphatic rings. The maximum absolute atomic E-state index is 12.6. The third-order valence-corrected chi connectivity index (χ3v) is 7.98. The first-order valence-electron chi connectivity index (χ1n) is 10.3. The summed E-state index contributed by atoms with van der Waals surface area (Å²) >= 11 is 1.38. The van der Waals surface area contributed by atoms with Crippen molar-refractivity contribution in [2.75, 3.05) is 5.75 Å². The van der Waals surface area contributed by atoms with Crippen molar-refractivity contribution in [2.45, 2.75) is 56.6 Å². The van der Waals surface area contributed by atoms with Crippen LogP contribution in [0.25, 0.3) is 11.4 Å². The number of aromatic nitrogens is 4. The second-order valence-electron chi connectivity index (χ2n) is 9.06. The van der Waals surface area contributed by atoms with E-state index in [9.17, 15) is 4.79 Å². The highest BCUT2D eigenvalue weighted by molar-refractivity contribution is 7.99. The van der Waals surface area contributed by atoms with Crippen molar-refractivity contribution in [2.24, 2.45) is 23.2 Å². The lowest BCUT2D eigenvalue weighted by atomic mass is 9.48. The van der Waals surface area contributed by atoms with Crippen molar-refractivity contribution in [3.05, 3.63) is 24.5 Å². The largest absolute Gasteiger partial charge is 0.352 e. The van der Waals surface area contributed by atoms with Crippen LogP contribution in [-0.2, 0) is 4.79 Å². The quantitative estimate of drug-likeness (QED) is 0.727. The van der Waals surface area contributed by atoms with Gasteiger partial charge in [-0.2, -0.15) is 0 Å². The summed E-state index contributed by atoms with van der Waals surface area (Å²) in [7, 11) is 0. The van der Waals surface area contributed by atoms with E-state index in [4.69, 9.17) is 0 Å². The summed E-state index contributed by atoms with van der Waals surface area (Å²) in [6.07, 6.45) is 11.7. The van der Waals surface area contributed by atoms with E-state index in [2.05, 4.69) is 32.4 Å². The molecule has 0 aromatic carbocycles. The number of hydrogen-bond donors (Lipinski definition) is 2. The lowest BCUT2D eigenvalue weighted by Crippen LogP contribution is -2.56. The minimum atomic E-state index is 0.0866. The maximum Gasteiger partial charge on any atom is 0.230 e. The molecule has 7 heteroatoms. The van der Waals surface area contributed by atoms with Crippen molar-refractivity contribution in [1.29, 1.82) is 0 Å². The Hall–Kier alpha value is -1.89. The molecule has 4 fully saturated rings. The molecule has 1 amide bonds. The van der Waals surface area contributed by atoms with Crippen molar-refractivity contribution >= 4 is 17.7 Å². The number of rotatable bonds is 6. The Balaban J connectivity index is 1.17. The van der Waals surface area contributed by atoms with Crippen molar-refractivity contribution in [3.8, 4) is 11.4 Å². The Morgan fingerprint density at radius 3 is 2.50 bits per heavy atom. The van der Waals surface area contributed by atoms with E-state index < -0.39 is 0 Å². The molecular weight excluding hydrogens is 370 g/mol. The van der Waals surface area contributed by atoms with E-state index in [1.807, 2.05) is 12.1 Å². The average Bonchev–Trinajstić information content (AvgIpc) is 3.15. The normalized spacial score (nSPS) is 31.7. The van der Waals surface area contributed by atoms with E-state index in [1.54, 1.807) is 12.4 Å². The topological polar surface area (TPSA) is 83.6 Å². The Bertz CT molecular complexity index is 816. The first-order valence-corrected chi connectivity index (χ1v) is 11.3. The molecule has 28 heavy (non-hydrogen) atoms. The molecular formula is C21H27N5OS. The third kappa shape index (κ3) is 3.45. The Labute approximate surface area is 169 Å². The van der Waals surface area contributed by atoms with Gasteiger partial charge in [0.25, 0.3) is 0 Å². The first-order chi connectivity index (χ1) is 13.6. The minimum Gasteiger partial charge on any atom is -0.352 e. The number of nitrogens with zero attached hydrogens (tertiary/aromatic N) is 3. The summed E-state index contributed by atoms with van der Waals surface area (Å²) in [5.74, 6) is 3.85. The van der Waals surface area contributed by atoms with E-state index in [0.29, 0.717) is 22.1 Å². The van der Waals surface area contributed by atoms with Crippen LogP contribution in [0, 0.1) is 23.2 Å². The zero-order valence-corrected chi connectivity index (χ0v) is 17.0. The van der Waals surface area contributed by atoms with Crippen molar-refractivity contribution in [1.82, 2.24) is 25.5 Å². The van der Waals surface area contributed by atoms with Gasteiger partial charge < -0.3 is 5.32 Å². The summed E-state index contributed by atoms with van der Waals surface area (Å²) < 4.78 is 0. The molecule has 2 N–H and O–H groups in total. The SMILES string of the molecule is CC(NC(=O)CSc1n[nH]c(-c2ccncc2)n1)C12CC3CC(CC(C3)C1)C2. The lowest BCUT2D eigenvalue weighted by Gasteiger charge is -2.59.